The Balaban J connectivity index is 2.52. The Bertz CT molecular complexity index is 367. The Hall–Kier alpha value is -1.30. The highest BCUT2D eigenvalue weighted by atomic mass is 16.5. The van der Waals surface area contributed by atoms with E-state index in [1.54, 1.807) is 0 Å². The number of hydrazine groups is 1. The molecular formula is C14H24N2O3. The Kier molecular flexibility index (Phi) is 6.62. The molecule has 19 heavy (non-hydrogen) atoms. The van der Waals surface area contributed by atoms with Crippen molar-refractivity contribution < 1.29 is 14.6 Å². The minimum absolute atomic E-state index is 0.286. The molecule has 0 heterocycles. The number of benzene rings is 1. The topological polar surface area (TPSA) is 76.7 Å². The van der Waals surface area contributed by atoms with Crippen LogP contribution < -0.4 is 20.7 Å². The molecule has 0 bridgehead atoms. The standard InChI is InChI=1S/C14H24N2O3/c1-3-14(17,4-2)11-19-13-7-5-6-12(10-13)18-9-8-16-15/h5-7,10,16-17H,3-4,8-9,11,15H2,1-2H3. The molecule has 0 fully saturated rings. The Morgan fingerprint density at radius 3 is 2.42 bits per heavy atom. The molecule has 1 rings (SSSR count). The average molecular weight is 268 g/mol. The van der Waals surface area contributed by atoms with E-state index in [0.717, 1.165) is 5.75 Å². The van der Waals surface area contributed by atoms with Gasteiger partial charge in [0.05, 0.1) is 5.60 Å². The van der Waals surface area contributed by atoms with Crippen molar-refractivity contribution in [3.8, 4) is 11.5 Å². The largest absolute Gasteiger partial charge is 0.492 e. The van der Waals surface area contributed by atoms with Gasteiger partial charge >= 0.3 is 0 Å². The lowest BCUT2D eigenvalue weighted by atomic mass is 9.99. The molecule has 1 aromatic rings. The van der Waals surface area contributed by atoms with E-state index in [1.165, 1.54) is 0 Å². The molecule has 0 radical (unpaired) electrons. The summed E-state index contributed by atoms with van der Waals surface area (Å²) in [5.41, 5.74) is 1.76. The summed E-state index contributed by atoms with van der Waals surface area (Å²) in [6.07, 6.45) is 1.34. The number of hydrogen-bond acceptors (Lipinski definition) is 5. The maximum Gasteiger partial charge on any atom is 0.123 e. The summed E-state index contributed by atoms with van der Waals surface area (Å²) in [4.78, 5) is 0. The van der Waals surface area contributed by atoms with Crippen LogP contribution in [0.4, 0.5) is 0 Å². The van der Waals surface area contributed by atoms with Gasteiger partial charge in [0.15, 0.2) is 0 Å². The number of rotatable bonds is 9. The lowest BCUT2D eigenvalue weighted by molar-refractivity contribution is -0.0114. The van der Waals surface area contributed by atoms with Gasteiger partial charge in [-0.25, -0.2) is 0 Å². The molecule has 108 valence electrons. The lowest BCUT2D eigenvalue weighted by Crippen LogP contribution is -2.34. The molecule has 0 aliphatic carbocycles. The highest BCUT2D eigenvalue weighted by Crippen LogP contribution is 2.22. The summed E-state index contributed by atoms with van der Waals surface area (Å²) < 4.78 is 11.1. The summed E-state index contributed by atoms with van der Waals surface area (Å²) in [6.45, 7) is 5.26. The first kappa shape index (κ1) is 15.8. The second-order valence-electron chi connectivity index (χ2n) is 4.50. The van der Waals surface area contributed by atoms with Crippen LogP contribution in [0.5, 0.6) is 11.5 Å². The van der Waals surface area contributed by atoms with E-state index in [0.29, 0.717) is 31.7 Å². The number of aliphatic hydroxyl groups is 1. The maximum absolute atomic E-state index is 10.2. The minimum Gasteiger partial charge on any atom is -0.492 e. The van der Waals surface area contributed by atoms with Crippen LogP contribution in [0.25, 0.3) is 0 Å². The molecule has 5 nitrogen and oxygen atoms in total. The minimum atomic E-state index is -0.764. The molecule has 0 aromatic heterocycles. The van der Waals surface area contributed by atoms with Gasteiger partial charge in [0.1, 0.15) is 24.7 Å². The SMILES string of the molecule is CCC(O)(CC)COc1cccc(OCCNN)c1. The monoisotopic (exact) mass is 268 g/mol. The van der Waals surface area contributed by atoms with Gasteiger partial charge in [-0.3, -0.25) is 11.3 Å². The zero-order valence-electron chi connectivity index (χ0n) is 11.7. The molecule has 0 saturated carbocycles. The van der Waals surface area contributed by atoms with Gasteiger partial charge in [-0.05, 0) is 25.0 Å². The number of nitrogens with one attached hydrogen (secondary N) is 1. The highest BCUT2D eigenvalue weighted by Gasteiger charge is 2.23. The first-order valence-electron chi connectivity index (χ1n) is 6.65. The summed E-state index contributed by atoms with van der Waals surface area (Å²) >= 11 is 0. The molecule has 0 atom stereocenters. The van der Waals surface area contributed by atoms with E-state index < -0.39 is 5.60 Å². The van der Waals surface area contributed by atoms with Crippen molar-refractivity contribution in [3.63, 3.8) is 0 Å². The normalized spacial score (nSPS) is 11.4. The molecule has 5 heteroatoms. The summed E-state index contributed by atoms with van der Waals surface area (Å²) in [5.74, 6) is 6.59. The summed E-state index contributed by atoms with van der Waals surface area (Å²) in [6, 6.07) is 7.37. The van der Waals surface area contributed by atoms with Crippen LogP contribution in [0.15, 0.2) is 24.3 Å². The molecule has 0 saturated heterocycles. The third-order valence-electron chi connectivity index (χ3n) is 3.14. The third kappa shape index (κ3) is 5.46. The van der Waals surface area contributed by atoms with Gasteiger partial charge in [-0.2, -0.15) is 0 Å². The zero-order valence-corrected chi connectivity index (χ0v) is 11.7. The smallest absolute Gasteiger partial charge is 0.123 e. The quantitative estimate of drug-likeness (QED) is 0.359. The van der Waals surface area contributed by atoms with Crippen LogP contribution in [0.3, 0.4) is 0 Å². The van der Waals surface area contributed by atoms with Gasteiger partial charge in [0.2, 0.25) is 0 Å². The predicted molar refractivity (Wildman–Crippen MR) is 75.2 cm³/mol. The van der Waals surface area contributed by atoms with Gasteiger partial charge < -0.3 is 14.6 Å². The molecule has 0 aliphatic rings. The third-order valence-corrected chi connectivity index (χ3v) is 3.14. The van der Waals surface area contributed by atoms with E-state index in [2.05, 4.69) is 5.43 Å². The number of ether oxygens (including phenoxy) is 2. The van der Waals surface area contributed by atoms with Crippen molar-refractivity contribution in [1.29, 1.82) is 0 Å². The second-order valence-corrected chi connectivity index (χ2v) is 4.50. The average Bonchev–Trinajstić information content (AvgIpc) is 2.46. The Labute approximate surface area is 114 Å². The molecule has 4 N–H and O–H groups in total. The van der Waals surface area contributed by atoms with Crippen molar-refractivity contribution in [2.45, 2.75) is 32.3 Å². The summed E-state index contributed by atoms with van der Waals surface area (Å²) in [5, 5.41) is 10.2. The van der Waals surface area contributed by atoms with Crippen molar-refractivity contribution in [2.24, 2.45) is 5.84 Å². The number of nitrogens with two attached hydrogens (primary N) is 1. The van der Waals surface area contributed by atoms with Crippen molar-refractivity contribution in [1.82, 2.24) is 5.43 Å². The van der Waals surface area contributed by atoms with Crippen LogP contribution in [-0.2, 0) is 0 Å². The fourth-order valence-corrected chi connectivity index (χ4v) is 1.55. The molecular weight excluding hydrogens is 244 g/mol. The van der Waals surface area contributed by atoms with E-state index >= 15 is 0 Å². The highest BCUT2D eigenvalue weighted by molar-refractivity contribution is 5.33. The van der Waals surface area contributed by atoms with Crippen molar-refractivity contribution in [3.05, 3.63) is 24.3 Å². The van der Waals surface area contributed by atoms with Gasteiger partial charge in [-0.1, -0.05) is 19.9 Å². The van der Waals surface area contributed by atoms with Crippen LogP contribution in [-0.4, -0.2) is 30.5 Å². The summed E-state index contributed by atoms with van der Waals surface area (Å²) in [7, 11) is 0. The van der Waals surface area contributed by atoms with Crippen LogP contribution in [0.1, 0.15) is 26.7 Å². The maximum atomic E-state index is 10.2. The van der Waals surface area contributed by atoms with Crippen LogP contribution in [0, 0.1) is 0 Å². The Morgan fingerprint density at radius 2 is 1.84 bits per heavy atom. The molecule has 0 aliphatic heterocycles. The molecule has 0 amide bonds. The van der Waals surface area contributed by atoms with Crippen molar-refractivity contribution in [2.75, 3.05) is 19.8 Å². The van der Waals surface area contributed by atoms with E-state index in [-0.39, 0.29) is 6.61 Å². The fraction of sp³-hybridized carbons (Fsp3) is 0.571. The molecule has 1 aromatic carbocycles. The molecule has 0 spiro atoms. The zero-order chi connectivity index (χ0) is 14.1. The number of hydrogen-bond donors (Lipinski definition) is 3. The van der Waals surface area contributed by atoms with Gasteiger partial charge in [0.25, 0.3) is 0 Å². The second kappa shape index (κ2) is 7.99. The Morgan fingerprint density at radius 1 is 1.21 bits per heavy atom. The van der Waals surface area contributed by atoms with E-state index in [9.17, 15) is 5.11 Å². The van der Waals surface area contributed by atoms with Gasteiger partial charge in [0, 0.05) is 12.6 Å². The van der Waals surface area contributed by atoms with E-state index in [4.69, 9.17) is 15.3 Å². The van der Waals surface area contributed by atoms with E-state index in [1.807, 2.05) is 38.1 Å². The van der Waals surface area contributed by atoms with Crippen LogP contribution in [0.2, 0.25) is 0 Å². The molecule has 0 unspecified atom stereocenters. The fourth-order valence-electron chi connectivity index (χ4n) is 1.55. The first-order valence-corrected chi connectivity index (χ1v) is 6.65. The predicted octanol–water partition coefficient (Wildman–Crippen LogP) is 1.46. The first-order chi connectivity index (χ1) is 9.13. The van der Waals surface area contributed by atoms with Crippen LogP contribution >= 0.6 is 0 Å². The lowest BCUT2D eigenvalue weighted by Gasteiger charge is -2.25. The van der Waals surface area contributed by atoms with Crippen molar-refractivity contribution >= 4 is 0 Å². The van der Waals surface area contributed by atoms with Gasteiger partial charge in [-0.15, -0.1) is 0 Å².